The summed E-state index contributed by atoms with van der Waals surface area (Å²) in [7, 11) is 0. The summed E-state index contributed by atoms with van der Waals surface area (Å²) < 4.78 is 0.918. The SMILES string of the molecule is O=CCCSc1ccc(-c2nc(=O)c3ccccc3s2)cn1. The van der Waals surface area contributed by atoms with Gasteiger partial charge in [-0.2, -0.15) is 4.98 Å². The van der Waals surface area contributed by atoms with Gasteiger partial charge in [-0.25, -0.2) is 4.98 Å². The number of carbonyl (C=O) groups excluding carboxylic acids is 1. The standard InChI is InChI=1S/C16H12N2O2S2/c19-8-3-9-21-14-7-6-11(10-17-14)16-18-15(20)12-4-1-2-5-13(12)22-16/h1-2,4-8,10H,3,9H2. The Balaban J connectivity index is 1.91. The van der Waals surface area contributed by atoms with Crippen LogP contribution < -0.4 is 5.56 Å². The number of nitrogens with zero attached hydrogens (tertiary/aromatic N) is 2. The Morgan fingerprint density at radius 1 is 1.18 bits per heavy atom. The first kappa shape index (κ1) is 14.9. The molecule has 0 aliphatic carbocycles. The molecule has 110 valence electrons. The summed E-state index contributed by atoms with van der Waals surface area (Å²) in [6, 6.07) is 11.2. The van der Waals surface area contributed by atoms with Crippen molar-refractivity contribution in [2.24, 2.45) is 0 Å². The normalized spacial score (nSPS) is 10.7. The summed E-state index contributed by atoms with van der Waals surface area (Å²) >= 11 is 3.01. The predicted molar refractivity (Wildman–Crippen MR) is 90.5 cm³/mol. The largest absolute Gasteiger partial charge is 0.303 e. The molecule has 2 aromatic heterocycles. The summed E-state index contributed by atoms with van der Waals surface area (Å²) in [6.07, 6.45) is 3.13. The molecule has 0 aliphatic rings. The number of hydrogen-bond donors (Lipinski definition) is 0. The van der Waals surface area contributed by atoms with Crippen LogP contribution in [0.2, 0.25) is 0 Å². The molecule has 0 saturated carbocycles. The van der Waals surface area contributed by atoms with Crippen LogP contribution in [-0.2, 0) is 4.79 Å². The lowest BCUT2D eigenvalue weighted by Crippen LogP contribution is -2.05. The molecular weight excluding hydrogens is 316 g/mol. The van der Waals surface area contributed by atoms with E-state index in [9.17, 15) is 9.59 Å². The van der Waals surface area contributed by atoms with Crippen LogP contribution in [0.1, 0.15) is 6.42 Å². The number of aromatic nitrogens is 2. The number of fused-ring (bicyclic) bond motifs is 1. The maximum Gasteiger partial charge on any atom is 0.279 e. The summed E-state index contributed by atoms with van der Waals surface area (Å²) in [5.41, 5.74) is 0.612. The van der Waals surface area contributed by atoms with E-state index < -0.39 is 0 Å². The zero-order valence-corrected chi connectivity index (χ0v) is 13.2. The Kier molecular flexibility index (Phi) is 4.60. The van der Waals surface area contributed by atoms with Crippen LogP contribution >= 0.6 is 23.1 Å². The van der Waals surface area contributed by atoms with Crippen LogP contribution in [-0.4, -0.2) is 22.0 Å². The van der Waals surface area contributed by atoms with E-state index in [1.54, 1.807) is 12.3 Å². The van der Waals surface area contributed by atoms with Gasteiger partial charge < -0.3 is 4.79 Å². The second kappa shape index (κ2) is 6.81. The topological polar surface area (TPSA) is 59.9 Å². The Hall–Kier alpha value is -2.05. The van der Waals surface area contributed by atoms with E-state index in [-0.39, 0.29) is 5.56 Å². The van der Waals surface area contributed by atoms with Gasteiger partial charge in [0.1, 0.15) is 11.3 Å². The van der Waals surface area contributed by atoms with E-state index in [1.807, 2.05) is 30.3 Å². The van der Waals surface area contributed by atoms with Gasteiger partial charge in [0, 0.05) is 28.6 Å². The Morgan fingerprint density at radius 3 is 2.82 bits per heavy atom. The third-order valence-electron chi connectivity index (χ3n) is 3.00. The first-order valence-electron chi connectivity index (χ1n) is 6.70. The highest BCUT2D eigenvalue weighted by Crippen LogP contribution is 2.26. The molecule has 0 saturated heterocycles. The molecule has 2 heterocycles. The summed E-state index contributed by atoms with van der Waals surface area (Å²) in [4.78, 5) is 30.8. The fourth-order valence-corrected chi connectivity index (χ4v) is 3.64. The number of pyridine rings is 1. The van der Waals surface area contributed by atoms with Crippen molar-refractivity contribution in [1.29, 1.82) is 0 Å². The minimum absolute atomic E-state index is 0.214. The lowest BCUT2D eigenvalue weighted by molar-refractivity contribution is -0.107. The minimum Gasteiger partial charge on any atom is -0.303 e. The van der Waals surface area contributed by atoms with Crippen molar-refractivity contribution in [2.75, 3.05) is 5.75 Å². The predicted octanol–water partition coefficient (Wildman–Crippen LogP) is 3.40. The first-order valence-corrected chi connectivity index (χ1v) is 8.51. The molecular formula is C16H12N2O2S2. The number of carbonyl (C=O) groups is 1. The number of rotatable bonds is 5. The molecule has 0 unspecified atom stereocenters. The molecule has 0 atom stereocenters. The molecule has 0 N–H and O–H groups in total. The lowest BCUT2D eigenvalue weighted by atomic mass is 10.3. The molecule has 0 fully saturated rings. The molecule has 3 aromatic rings. The van der Waals surface area contributed by atoms with Crippen molar-refractivity contribution in [3.05, 3.63) is 52.9 Å². The van der Waals surface area contributed by atoms with Crippen molar-refractivity contribution in [3.8, 4) is 10.6 Å². The summed E-state index contributed by atoms with van der Waals surface area (Å²) in [5.74, 6) is 0.720. The molecule has 0 spiro atoms. The first-order chi connectivity index (χ1) is 10.8. The van der Waals surface area contributed by atoms with E-state index in [0.717, 1.165) is 27.3 Å². The smallest absolute Gasteiger partial charge is 0.279 e. The zero-order valence-electron chi connectivity index (χ0n) is 11.6. The second-order valence-electron chi connectivity index (χ2n) is 4.51. The molecule has 1 aromatic carbocycles. The van der Waals surface area contributed by atoms with Gasteiger partial charge in [0.2, 0.25) is 0 Å². The van der Waals surface area contributed by atoms with E-state index in [2.05, 4.69) is 9.97 Å². The van der Waals surface area contributed by atoms with Crippen LogP contribution in [0.3, 0.4) is 0 Å². The van der Waals surface area contributed by atoms with Crippen molar-refractivity contribution in [1.82, 2.24) is 9.97 Å². The van der Waals surface area contributed by atoms with Crippen molar-refractivity contribution in [3.63, 3.8) is 0 Å². The highest BCUT2D eigenvalue weighted by atomic mass is 32.2. The maximum atomic E-state index is 12.1. The molecule has 22 heavy (non-hydrogen) atoms. The molecule has 4 nitrogen and oxygen atoms in total. The molecule has 0 aliphatic heterocycles. The van der Waals surface area contributed by atoms with Crippen LogP contribution in [0.15, 0.2) is 52.4 Å². The van der Waals surface area contributed by atoms with Gasteiger partial charge >= 0.3 is 0 Å². The van der Waals surface area contributed by atoms with Crippen molar-refractivity contribution < 1.29 is 4.79 Å². The lowest BCUT2D eigenvalue weighted by Gasteiger charge is -2.03. The summed E-state index contributed by atoms with van der Waals surface area (Å²) in [6.45, 7) is 0. The molecule has 0 amide bonds. The van der Waals surface area contributed by atoms with Crippen molar-refractivity contribution >= 4 is 39.5 Å². The van der Waals surface area contributed by atoms with Crippen LogP contribution in [0.5, 0.6) is 0 Å². The van der Waals surface area contributed by atoms with Gasteiger partial charge in [-0.1, -0.05) is 12.1 Å². The quantitative estimate of drug-likeness (QED) is 0.408. The van der Waals surface area contributed by atoms with Crippen molar-refractivity contribution in [2.45, 2.75) is 11.4 Å². The third-order valence-corrected chi connectivity index (χ3v) is 5.07. The van der Waals surface area contributed by atoms with Gasteiger partial charge in [0.05, 0.1) is 10.4 Å². The minimum atomic E-state index is -0.214. The van der Waals surface area contributed by atoms with Crippen LogP contribution in [0, 0.1) is 0 Å². The number of aldehydes is 1. The van der Waals surface area contributed by atoms with E-state index >= 15 is 0 Å². The number of thioether (sulfide) groups is 1. The second-order valence-corrected chi connectivity index (χ2v) is 6.66. The van der Waals surface area contributed by atoms with Gasteiger partial charge in [-0.3, -0.25) is 4.79 Å². The molecule has 0 bridgehead atoms. The van der Waals surface area contributed by atoms with Crippen LogP contribution in [0.4, 0.5) is 0 Å². The average molecular weight is 328 g/mol. The maximum absolute atomic E-state index is 12.1. The number of benzene rings is 1. The highest BCUT2D eigenvalue weighted by molar-refractivity contribution is 7.99. The van der Waals surface area contributed by atoms with Gasteiger partial charge in [-0.05, 0) is 24.3 Å². The number of hydrogen-bond acceptors (Lipinski definition) is 6. The van der Waals surface area contributed by atoms with E-state index in [4.69, 9.17) is 0 Å². The molecule has 0 radical (unpaired) electrons. The Labute approximate surface area is 135 Å². The summed E-state index contributed by atoms with van der Waals surface area (Å²) in [5, 5.41) is 2.17. The zero-order chi connectivity index (χ0) is 15.4. The Morgan fingerprint density at radius 2 is 2.05 bits per heavy atom. The van der Waals surface area contributed by atoms with Gasteiger partial charge in [-0.15, -0.1) is 23.1 Å². The molecule has 3 rings (SSSR count). The fraction of sp³-hybridized carbons (Fsp3) is 0.125. The van der Waals surface area contributed by atoms with E-state index in [0.29, 0.717) is 16.8 Å². The molecule has 6 heteroatoms. The van der Waals surface area contributed by atoms with Crippen LogP contribution in [0.25, 0.3) is 20.7 Å². The van der Waals surface area contributed by atoms with E-state index in [1.165, 1.54) is 23.1 Å². The average Bonchev–Trinajstić information content (AvgIpc) is 2.56. The monoisotopic (exact) mass is 328 g/mol. The van der Waals surface area contributed by atoms with Gasteiger partial charge in [0.15, 0.2) is 0 Å². The third kappa shape index (κ3) is 3.23. The Bertz CT molecular complexity index is 860. The van der Waals surface area contributed by atoms with Gasteiger partial charge in [0.25, 0.3) is 5.56 Å². The highest BCUT2D eigenvalue weighted by Gasteiger charge is 2.07. The fourth-order valence-electron chi connectivity index (χ4n) is 1.94.